The fourth-order valence-electron chi connectivity index (χ4n) is 2.03. The first kappa shape index (κ1) is 15.1. The number of carbonyl (C=O) groups excluding carboxylic acids is 1. The molecule has 2 aromatic rings. The van der Waals surface area contributed by atoms with Crippen LogP contribution in [-0.2, 0) is 16.0 Å². The second kappa shape index (κ2) is 6.90. The number of esters is 1. The number of rotatable bonds is 6. The van der Waals surface area contributed by atoms with Crippen molar-refractivity contribution in [3.8, 4) is 11.3 Å². The Balaban J connectivity index is 2.48. The Bertz CT molecular complexity index is 608. The number of nitrogens with zero attached hydrogens (tertiary/aromatic N) is 2. The molecule has 2 N–H and O–H groups in total. The van der Waals surface area contributed by atoms with Gasteiger partial charge in [-0.25, -0.2) is 9.48 Å². The lowest BCUT2D eigenvalue weighted by molar-refractivity contribution is 0.0528. The molecule has 1 aromatic carbocycles. The van der Waals surface area contributed by atoms with Gasteiger partial charge in [0.05, 0.1) is 19.8 Å². The van der Waals surface area contributed by atoms with Crippen LogP contribution in [0.15, 0.2) is 30.3 Å². The predicted molar refractivity (Wildman–Crippen MR) is 79.9 cm³/mol. The van der Waals surface area contributed by atoms with E-state index in [0.29, 0.717) is 30.2 Å². The number of methoxy groups -OCH3 is 1. The summed E-state index contributed by atoms with van der Waals surface area (Å²) in [4.78, 5) is 12.2. The summed E-state index contributed by atoms with van der Waals surface area (Å²) in [5.74, 6) is -0.165. The maximum atomic E-state index is 12.2. The highest BCUT2D eigenvalue weighted by atomic mass is 16.5. The van der Waals surface area contributed by atoms with Crippen LogP contribution in [0.25, 0.3) is 11.3 Å². The van der Waals surface area contributed by atoms with Gasteiger partial charge in [-0.15, -0.1) is 0 Å². The molecule has 0 aliphatic carbocycles. The minimum Gasteiger partial charge on any atom is -0.462 e. The molecule has 0 amide bonds. The van der Waals surface area contributed by atoms with Crippen molar-refractivity contribution in [3.63, 3.8) is 0 Å². The number of ether oxygens (including phenoxy) is 2. The quantitative estimate of drug-likeness (QED) is 0.822. The number of benzene rings is 1. The molecule has 2 rings (SSSR count). The van der Waals surface area contributed by atoms with Gasteiger partial charge in [0.15, 0.2) is 0 Å². The van der Waals surface area contributed by atoms with Crippen LogP contribution in [0.2, 0.25) is 0 Å². The second-order valence-electron chi connectivity index (χ2n) is 4.41. The summed E-state index contributed by atoms with van der Waals surface area (Å²) >= 11 is 0. The Hall–Kier alpha value is -2.34. The molecule has 0 saturated carbocycles. The van der Waals surface area contributed by atoms with E-state index in [0.717, 1.165) is 5.56 Å². The summed E-state index contributed by atoms with van der Waals surface area (Å²) in [5.41, 5.74) is 7.72. The van der Waals surface area contributed by atoms with E-state index in [1.54, 1.807) is 18.7 Å². The SMILES string of the molecule is CCOC(=O)c1c(-c2ccccc2)nn(CCOC)c1N. The molecule has 0 aliphatic heterocycles. The Labute approximate surface area is 123 Å². The average molecular weight is 289 g/mol. The molecule has 1 heterocycles. The van der Waals surface area contributed by atoms with Crippen molar-refractivity contribution < 1.29 is 14.3 Å². The van der Waals surface area contributed by atoms with Gasteiger partial charge in [0.25, 0.3) is 0 Å². The van der Waals surface area contributed by atoms with Gasteiger partial charge in [-0.1, -0.05) is 30.3 Å². The zero-order chi connectivity index (χ0) is 15.2. The van der Waals surface area contributed by atoms with Crippen molar-refractivity contribution in [1.82, 2.24) is 9.78 Å². The van der Waals surface area contributed by atoms with Crippen molar-refractivity contribution in [2.75, 3.05) is 26.1 Å². The van der Waals surface area contributed by atoms with E-state index in [2.05, 4.69) is 5.10 Å². The van der Waals surface area contributed by atoms with E-state index in [4.69, 9.17) is 15.2 Å². The van der Waals surface area contributed by atoms with Gasteiger partial charge in [-0.05, 0) is 6.92 Å². The van der Waals surface area contributed by atoms with Crippen LogP contribution >= 0.6 is 0 Å². The highest BCUT2D eigenvalue weighted by molar-refractivity contribution is 6.00. The number of nitrogens with two attached hydrogens (primary N) is 1. The Morgan fingerprint density at radius 1 is 1.33 bits per heavy atom. The van der Waals surface area contributed by atoms with Crippen LogP contribution in [-0.4, -0.2) is 36.1 Å². The van der Waals surface area contributed by atoms with E-state index in [-0.39, 0.29) is 6.61 Å². The van der Waals surface area contributed by atoms with Crippen LogP contribution in [0, 0.1) is 0 Å². The summed E-state index contributed by atoms with van der Waals surface area (Å²) in [6, 6.07) is 9.43. The molecule has 21 heavy (non-hydrogen) atoms. The van der Waals surface area contributed by atoms with Gasteiger partial charge in [-0.2, -0.15) is 5.10 Å². The van der Waals surface area contributed by atoms with Gasteiger partial charge < -0.3 is 15.2 Å². The van der Waals surface area contributed by atoms with Crippen LogP contribution in [0.4, 0.5) is 5.82 Å². The average Bonchev–Trinajstić information content (AvgIpc) is 2.83. The number of hydrogen-bond donors (Lipinski definition) is 1. The Morgan fingerprint density at radius 3 is 2.67 bits per heavy atom. The molecule has 0 atom stereocenters. The minimum atomic E-state index is -0.461. The highest BCUT2D eigenvalue weighted by Gasteiger charge is 2.24. The standard InChI is InChI=1S/C15H19N3O3/c1-3-21-15(19)12-13(11-7-5-4-6-8-11)17-18(14(12)16)9-10-20-2/h4-8H,3,9-10,16H2,1-2H3. The van der Waals surface area contributed by atoms with Gasteiger partial charge in [0, 0.05) is 12.7 Å². The van der Waals surface area contributed by atoms with E-state index in [9.17, 15) is 4.79 Å². The van der Waals surface area contributed by atoms with E-state index in [1.165, 1.54) is 0 Å². The van der Waals surface area contributed by atoms with Crippen molar-refractivity contribution in [2.45, 2.75) is 13.5 Å². The maximum absolute atomic E-state index is 12.2. The van der Waals surface area contributed by atoms with Crippen LogP contribution in [0.1, 0.15) is 17.3 Å². The van der Waals surface area contributed by atoms with Crippen molar-refractivity contribution >= 4 is 11.8 Å². The molecular formula is C15H19N3O3. The third kappa shape index (κ3) is 3.22. The van der Waals surface area contributed by atoms with Crippen LogP contribution < -0.4 is 5.73 Å². The molecule has 6 nitrogen and oxygen atoms in total. The summed E-state index contributed by atoms with van der Waals surface area (Å²) in [6.45, 7) is 2.98. The third-order valence-electron chi connectivity index (χ3n) is 3.03. The lowest BCUT2D eigenvalue weighted by Gasteiger charge is -2.04. The van der Waals surface area contributed by atoms with Crippen molar-refractivity contribution in [3.05, 3.63) is 35.9 Å². The molecule has 0 radical (unpaired) electrons. The lowest BCUT2D eigenvalue weighted by Crippen LogP contribution is -2.12. The van der Waals surface area contributed by atoms with E-state index < -0.39 is 5.97 Å². The first-order valence-electron chi connectivity index (χ1n) is 6.76. The molecule has 0 spiro atoms. The van der Waals surface area contributed by atoms with Gasteiger partial charge in [-0.3, -0.25) is 0 Å². The van der Waals surface area contributed by atoms with Crippen molar-refractivity contribution in [1.29, 1.82) is 0 Å². The van der Waals surface area contributed by atoms with Gasteiger partial charge in [0.2, 0.25) is 0 Å². The Kier molecular flexibility index (Phi) is 4.94. The summed E-state index contributed by atoms with van der Waals surface area (Å²) < 4.78 is 11.7. The molecule has 0 bridgehead atoms. The molecule has 1 aromatic heterocycles. The van der Waals surface area contributed by atoms with Crippen LogP contribution in [0.5, 0.6) is 0 Å². The maximum Gasteiger partial charge on any atom is 0.344 e. The number of carbonyl (C=O) groups is 1. The molecule has 6 heteroatoms. The minimum absolute atomic E-state index is 0.287. The third-order valence-corrected chi connectivity index (χ3v) is 3.03. The van der Waals surface area contributed by atoms with Crippen LogP contribution in [0.3, 0.4) is 0 Å². The molecular weight excluding hydrogens is 270 g/mol. The van der Waals surface area contributed by atoms with Crippen molar-refractivity contribution in [2.24, 2.45) is 0 Å². The normalized spacial score (nSPS) is 10.6. The number of hydrogen-bond acceptors (Lipinski definition) is 5. The molecule has 0 fully saturated rings. The monoisotopic (exact) mass is 289 g/mol. The number of aromatic nitrogens is 2. The van der Waals surface area contributed by atoms with Gasteiger partial charge in [0.1, 0.15) is 17.1 Å². The largest absolute Gasteiger partial charge is 0.462 e. The summed E-state index contributed by atoms with van der Waals surface area (Å²) in [7, 11) is 1.60. The summed E-state index contributed by atoms with van der Waals surface area (Å²) in [6.07, 6.45) is 0. The fourth-order valence-corrected chi connectivity index (χ4v) is 2.03. The Morgan fingerprint density at radius 2 is 2.05 bits per heavy atom. The molecule has 112 valence electrons. The molecule has 0 unspecified atom stereocenters. The highest BCUT2D eigenvalue weighted by Crippen LogP contribution is 2.27. The first-order chi connectivity index (χ1) is 10.2. The zero-order valence-corrected chi connectivity index (χ0v) is 12.2. The predicted octanol–water partition coefficient (Wildman–Crippen LogP) is 1.96. The first-order valence-corrected chi connectivity index (χ1v) is 6.76. The fraction of sp³-hybridized carbons (Fsp3) is 0.333. The second-order valence-corrected chi connectivity index (χ2v) is 4.41. The summed E-state index contributed by atoms with van der Waals surface area (Å²) in [5, 5.41) is 4.43. The number of anilines is 1. The topological polar surface area (TPSA) is 79.4 Å². The smallest absolute Gasteiger partial charge is 0.344 e. The molecule has 0 saturated heterocycles. The lowest BCUT2D eigenvalue weighted by atomic mass is 10.1. The zero-order valence-electron chi connectivity index (χ0n) is 12.2. The number of nitrogen functional groups attached to an aromatic ring is 1. The van der Waals surface area contributed by atoms with E-state index in [1.807, 2.05) is 30.3 Å². The van der Waals surface area contributed by atoms with E-state index >= 15 is 0 Å². The molecule has 0 aliphatic rings. The van der Waals surface area contributed by atoms with Gasteiger partial charge >= 0.3 is 5.97 Å².